The molecule has 2 saturated heterocycles. The van der Waals surface area contributed by atoms with E-state index in [1.54, 1.807) is 12.1 Å². The largest absolute Gasteiger partial charge is 0.382 e. The lowest BCUT2D eigenvalue weighted by molar-refractivity contribution is -0.134. The highest BCUT2D eigenvalue weighted by atomic mass is 16.2. The van der Waals surface area contributed by atoms with E-state index in [4.69, 9.17) is 0 Å². The molecule has 1 unspecified atom stereocenters. The fourth-order valence-corrected chi connectivity index (χ4v) is 3.93. The van der Waals surface area contributed by atoms with Crippen LogP contribution in [0.4, 0.5) is 5.69 Å². The Labute approximate surface area is 150 Å². The summed E-state index contributed by atoms with van der Waals surface area (Å²) in [5.74, 6) is -2.31. The van der Waals surface area contributed by atoms with Gasteiger partial charge in [-0.25, -0.2) is 0 Å². The average Bonchev–Trinajstić information content (AvgIpc) is 2.91. The molecule has 3 aliphatic rings. The molecule has 4 rings (SSSR count). The summed E-state index contributed by atoms with van der Waals surface area (Å²) in [6, 6.07) is 3.61. The Morgan fingerprint density at radius 2 is 1.69 bits per heavy atom. The lowest BCUT2D eigenvalue weighted by Gasteiger charge is -2.29. The summed E-state index contributed by atoms with van der Waals surface area (Å²) < 4.78 is 0. The first-order valence-electron chi connectivity index (χ1n) is 8.88. The number of hydrogen-bond acceptors (Lipinski definition) is 6. The van der Waals surface area contributed by atoms with Gasteiger partial charge in [0.15, 0.2) is 0 Å². The number of piperidine rings is 2. The Morgan fingerprint density at radius 3 is 2.42 bits per heavy atom. The van der Waals surface area contributed by atoms with Gasteiger partial charge in [0.2, 0.25) is 11.8 Å². The second-order valence-electron chi connectivity index (χ2n) is 6.90. The molecule has 4 amide bonds. The van der Waals surface area contributed by atoms with E-state index in [1.165, 1.54) is 0 Å². The Balaban J connectivity index is 1.77. The van der Waals surface area contributed by atoms with Crippen molar-refractivity contribution in [1.82, 2.24) is 16.0 Å². The molecule has 1 aromatic rings. The van der Waals surface area contributed by atoms with Crippen molar-refractivity contribution in [2.45, 2.75) is 37.6 Å². The molecular formula is C18H20N4O4. The topological polar surface area (TPSA) is 116 Å². The summed E-state index contributed by atoms with van der Waals surface area (Å²) in [5, 5.41) is 11.4. The predicted octanol–water partition coefficient (Wildman–Crippen LogP) is 0.254. The molecule has 1 aromatic carbocycles. The fourth-order valence-electron chi connectivity index (χ4n) is 3.93. The number of fused-ring (bicyclic) bond motifs is 1. The number of rotatable bonds is 3. The number of carbonyl (C=O) groups is 4. The standard InChI is InChI=1S/C18H20N4O4/c23-13-4-2-10(16(24)21-13)14-12(20-9-5-7-19-8-6-9)3-1-11-15(14)18(26)22-17(11)25/h1,3,9-10,19-20H,2,4-8H2,(H,21,23,24)(H,22,25,26). The van der Waals surface area contributed by atoms with Gasteiger partial charge in [0.25, 0.3) is 11.8 Å². The summed E-state index contributed by atoms with van der Waals surface area (Å²) in [6.07, 6.45) is 2.39. The summed E-state index contributed by atoms with van der Waals surface area (Å²) in [4.78, 5) is 48.4. The molecule has 4 N–H and O–H groups in total. The number of nitrogens with one attached hydrogen (secondary N) is 4. The zero-order valence-corrected chi connectivity index (χ0v) is 14.2. The molecule has 136 valence electrons. The molecule has 8 nitrogen and oxygen atoms in total. The molecule has 0 aliphatic carbocycles. The average molecular weight is 356 g/mol. The van der Waals surface area contributed by atoms with Gasteiger partial charge in [0.1, 0.15) is 0 Å². The second kappa shape index (κ2) is 6.53. The van der Waals surface area contributed by atoms with Crippen LogP contribution >= 0.6 is 0 Å². The van der Waals surface area contributed by atoms with Gasteiger partial charge < -0.3 is 10.6 Å². The molecule has 0 spiro atoms. The maximum Gasteiger partial charge on any atom is 0.259 e. The van der Waals surface area contributed by atoms with Gasteiger partial charge >= 0.3 is 0 Å². The lowest BCUT2D eigenvalue weighted by atomic mass is 9.84. The van der Waals surface area contributed by atoms with Gasteiger partial charge in [-0.3, -0.25) is 29.8 Å². The van der Waals surface area contributed by atoms with Crippen LogP contribution in [0.1, 0.15) is 57.9 Å². The molecule has 0 bridgehead atoms. The van der Waals surface area contributed by atoms with Crippen molar-refractivity contribution in [2.75, 3.05) is 18.4 Å². The van der Waals surface area contributed by atoms with Crippen LogP contribution in [-0.4, -0.2) is 42.8 Å². The Morgan fingerprint density at radius 1 is 0.923 bits per heavy atom. The van der Waals surface area contributed by atoms with Crippen LogP contribution in [0.15, 0.2) is 12.1 Å². The number of carbonyl (C=O) groups excluding carboxylic acids is 4. The van der Waals surface area contributed by atoms with E-state index in [1.807, 2.05) is 0 Å². The SMILES string of the molecule is O=C1CCC(c2c(NC3CCNCC3)ccc3c2C(=O)NC3=O)C(=O)N1. The van der Waals surface area contributed by atoms with Crippen molar-refractivity contribution in [3.8, 4) is 0 Å². The zero-order chi connectivity index (χ0) is 18.3. The molecule has 2 fully saturated rings. The van der Waals surface area contributed by atoms with Crippen molar-refractivity contribution in [1.29, 1.82) is 0 Å². The molecule has 0 aromatic heterocycles. The number of amides is 4. The first kappa shape index (κ1) is 16.7. The smallest absolute Gasteiger partial charge is 0.259 e. The highest BCUT2D eigenvalue weighted by Crippen LogP contribution is 2.37. The Hall–Kier alpha value is -2.74. The first-order chi connectivity index (χ1) is 12.5. The number of benzene rings is 1. The monoisotopic (exact) mass is 356 g/mol. The van der Waals surface area contributed by atoms with Crippen LogP contribution in [-0.2, 0) is 9.59 Å². The number of anilines is 1. The molecular weight excluding hydrogens is 336 g/mol. The minimum Gasteiger partial charge on any atom is -0.382 e. The molecule has 0 radical (unpaired) electrons. The van der Waals surface area contributed by atoms with Crippen LogP contribution in [0.5, 0.6) is 0 Å². The normalized spacial score (nSPS) is 23.5. The minimum atomic E-state index is -0.636. The van der Waals surface area contributed by atoms with Crippen molar-refractivity contribution in [3.05, 3.63) is 28.8 Å². The number of hydrogen-bond donors (Lipinski definition) is 4. The highest BCUT2D eigenvalue weighted by molar-refractivity contribution is 6.23. The number of imide groups is 2. The Kier molecular flexibility index (Phi) is 4.20. The molecule has 3 aliphatic heterocycles. The lowest BCUT2D eigenvalue weighted by Crippen LogP contribution is -2.41. The Bertz CT molecular complexity index is 814. The summed E-state index contributed by atoms with van der Waals surface area (Å²) >= 11 is 0. The van der Waals surface area contributed by atoms with Crippen molar-refractivity contribution in [3.63, 3.8) is 0 Å². The van der Waals surface area contributed by atoms with E-state index >= 15 is 0 Å². The molecule has 0 saturated carbocycles. The first-order valence-corrected chi connectivity index (χ1v) is 8.88. The van der Waals surface area contributed by atoms with Gasteiger partial charge in [0.05, 0.1) is 17.0 Å². The van der Waals surface area contributed by atoms with Gasteiger partial charge in [-0.2, -0.15) is 0 Å². The van der Waals surface area contributed by atoms with E-state index in [2.05, 4.69) is 21.3 Å². The quantitative estimate of drug-likeness (QED) is 0.577. The van der Waals surface area contributed by atoms with Crippen LogP contribution in [0, 0.1) is 0 Å². The third kappa shape index (κ3) is 2.86. The van der Waals surface area contributed by atoms with E-state index < -0.39 is 23.6 Å². The summed E-state index contributed by atoms with van der Waals surface area (Å²) in [7, 11) is 0. The van der Waals surface area contributed by atoms with Gasteiger partial charge in [-0.1, -0.05) is 0 Å². The molecule has 8 heteroatoms. The van der Waals surface area contributed by atoms with E-state index in [0.29, 0.717) is 17.7 Å². The molecule has 1 atom stereocenters. The van der Waals surface area contributed by atoms with Crippen LogP contribution in [0.3, 0.4) is 0 Å². The maximum atomic E-state index is 12.5. The fraction of sp³-hybridized carbons (Fsp3) is 0.444. The zero-order valence-electron chi connectivity index (χ0n) is 14.2. The van der Waals surface area contributed by atoms with Crippen LogP contribution in [0.2, 0.25) is 0 Å². The van der Waals surface area contributed by atoms with E-state index in [0.717, 1.165) is 25.9 Å². The van der Waals surface area contributed by atoms with Crippen molar-refractivity contribution >= 4 is 29.3 Å². The third-order valence-corrected chi connectivity index (χ3v) is 5.23. The molecule has 3 heterocycles. The maximum absolute atomic E-state index is 12.5. The second-order valence-corrected chi connectivity index (χ2v) is 6.90. The van der Waals surface area contributed by atoms with Crippen molar-refractivity contribution < 1.29 is 19.2 Å². The van der Waals surface area contributed by atoms with Crippen molar-refractivity contribution in [2.24, 2.45) is 0 Å². The van der Waals surface area contributed by atoms with Gasteiger partial charge in [0, 0.05) is 23.7 Å². The predicted molar refractivity (Wildman–Crippen MR) is 92.9 cm³/mol. The van der Waals surface area contributed by atoms with Gasteiger partial charge in [-0.15, -0.1) is 0 Å². The van der Waals surface area contributed by atoms with E-state index in [9.17, 15) is 19.2 Å². The van der Waals surface area contributed by atoms with Crippen LogP contribution in [0.25, 0.3) is 0 Å². The highest BCUT2D eigenvalue weighted by Gasteiger charge is 2.38. The summed E-state index contributed by atoms with van der Waals surface area (Å²) in [5.41, 5.74) is 1.75. The van der Waals surface area contributed by atoms with Gasteiger partial charge in [-0.05, 0) is 44.5 Å². The van der Waals surface area contributed by atoms with E-state index in [-0.39, 0.29) is 29.5 Å². The third-order valence-electron chi connectivity index (χ3n) is 5.23. The summed E-state index contributed by atoms with van der Waals surface area (Å²) in [6.45, 7) is 1.80. The minimum absolute atomic E-state index is 0.211. The molecule has 26 heavy (non-hydrogen) atoms. The van der Waals surface area contributed by atoms with Crippen LogP contribution < -0.4 is 21.3 Å².